The molecular formula is C18H32N6O. The first-order chi connectivity index (χ1) is 12.0. The first-order valence-corrected chi connectivity index (χ1v) is 9.64. The Morgan fingerprint density at radius 1 is 1.32 bits per heavy atom. The van der Waals surface area contributed by atoms with E-state index >= 15 is 0 Å². The van der Waals surface area contributed by atoms with Crippen LogP contribution in [-0.2, 0) is 7.05 Å². The van der Waals surface area contributed by atoms with Gasteiger partial charge in [0, 0.05) is 26.7 Å². The van der Waals surface area contributed by atoms with Crippen LogP contribution in [0.5, 0.6) is 0 Å². The van der Waals surface area contributed by atoms with Crippen molar-refractivity contribution in [2.24, 2.45) is 18.9 Å². The van der Waals surface area contributed by atoms with Crippen molar-refractivity contribution in [1.29, 1.82) is 0 Å². The third-order valence-electron chi connectivity index (χ3n) is 5.67. The topological polar surface area (TPSA) is 66.3 Å². The Bertz CT molecular complexity index is 566. The van der Waals surface area contributed by atoms with Crippen molar-refractivity contribution < 1.29 is 4.79 Å². The lowest BCUT2D eigenvalue weighted by Gasteiger charge is -2.38. The number of hydrogen-bond acceptors (Lipinski definition) is 4. The molecule has 3 heterocycles. The number of carbonyl (C=O) groups excluding carboxylic acids is 1. The third kappa shape index (κ3) is 4.71. The number of aromatic nitrogens is 3. The molecule has 1 aromatic heterocycles. The van der Waals surface area contributed by atoms with E-state index in [0.29, 0.717) is 5.92 Å². The Morgan fingerprint density at radius 2 is 2.08 bits per heavy atom. The lowest BCUT2D eigenvalue weighted by atomic mass is 9.94. The van der Waals surface area contributed by atoms with E-state index in [1.54, 1.807) is 6.33 Å². The normalized spacial score (nSPS) is 24.3. The second-order valence-electron chi connectivity index (χ2n) is 7.91. The molecule has 1 N–H and O–H groups in total. The molecule has 2 fully saturated rings. The zero-order valence-corrected chi connectivity index (χ0v) is 15.8. The van der Waals surface area contributed by atoms with Gasteiger partial charge in [-0.15, -0.1) is 10.2 Å². The summed E-state index contributed by atoms with van der Waals surface area (Å²) in [5.74, 6) is 2.24. The largest absolute Gasteiger partial charge is 0.328 e. The highest BCUT2D eigenvalue weighted by Crippen LogP contribution is 2.22. The van der Waals surface area contributed by atoms with E-state index in [9.17, 15) is 4.79 Å². The number of aryl methyl sites for hydroxylation is 1. The number of amides is 2. The summed E-state index contributed by atoms with van der Waals surface area (Å²) in [4.78, 5) is 17.2. The number of carbonyl (C=O) groups is 1. The minimum Gasteiger partial charge on any atom is -0.328 e. The van der Waals surface area contributed by atoms with E-state index in [-0.39, 0.29) is 12.1 Å². The van der Waals surface area contributed by atoms with Crippen molar-refractivity contribution >= 4 is 6.03 Å². The highest BCUT2D eigenvalue weighted by atomic mass is 16.2. The van der Waals surface area contributed by atoms with Gasteiger partial charge in [-0.3, -0.25) is 0 Å². The van der Waals surface area contributed by atoms with Crippen LogP contribution in [0.3, 0.4) is 0 Å². The molecule has 2 amide bonds. The van der Waals surface area contributed by atoms with Crippen LogP contribution in [0.25, 0.3) is 0 Å². The van der Waals surface area contributed by atoms with E-state index in [1.165, 1.54) is 32.4 Å². The van der Waals surface area contributed by atoms with Crippen LogP contribution in [-0.4, -0.2) is 63.3 Å². The van der Waals surface area contributed by atoms with Crippen molar-refractivity contribution in [3.63, 3.8) is 0 Å². The predicted molar refractivity (Wildman–Crippen MR) is 97.1 cm³/mol. The molecule has 0 aromatic carbocycles. The molecule has 0 unspecified atom stereocenters. The molecule has 140 valence electrons. The molecule has 0 spiro atoms. The molecule has 3 rings (SSSR count). The van der Waals surface area contributed by atoms with Crippen LogP contribution in [0.4, 0.5) is 4.79 Å². The first kappa shape index (κ1) is 18.2. The fraction of sp³-hybridized carbons (Fsp3) is 0.833. The first-order valence-electron chi connectivity index (χ1n) is 9.64. The zero-order chi connectivity index (χ0) is 17.8. The molecule has 0 bridgehead atoms. The summed E-state index contributed by atoms with van der Waals surface area (Å²) >= 11 is 0. The SMILES string of the molecule is CC1CCN(C[C@@H]2CCCN(C(=O)N[C@H](C)c3nncn3C)C2)CC1. The summed E-state index contributed by atoms with van der Waals surface area (Å²) in [5, 5.41) is 11.0. The number of piperidine rings is 2. The quantitative estimate of drug-likeness (QED) is 0.904. The van der Waals surface area contributed by atoms with Crippen LogP contribution in [0.1, 0.15) is 51.4 Å². The summed E-state index contributed by atoms with van der Waals surface area (Å²) in [6.45, 7) is 9.59. The van der Waals surface area contributed by atoms with Gasteiger partial charge in [-0.1, -0.05) is 6.92 Å². The number of nitrogens with zero attached hydrogens (tertiary/aromatic N) is 5. The van der Waals surface area contributed by atoms with E-state index < -0.39 is 0 Å². The van der Waals surface area contributed by atoms with Gasteiger partial charge in [0.1, 0.15) is 6.33 Å². The Kier molecular flexibility index (Phi) is 5.93. The Morgan fingerprint density at radius 3 is 2.76 bits per heavy atom. The van der Waals surface area contributed by atoms with Gasteiger partial charge in [-0.25, -0.2) is 4.79 Å². The average molecular weight is 348 g/mol. The van der Waals surface area contributed by atoms with Gasteiger partial charge in [0.25, 0.3) is 0 Å². The summed E-state index contributed by atoms with van der Waals surface area (Å²) in [6, 6.07) is -0.114. The van der Waals surface area contributed by atoms with Crippen molar-refractivity contribution in [2.45, 2.75) is 45.6 Å². The lowest BCUT2D eigenvalue weighted by molar-refractivity contribution is 0.119. The molecule has 0 aliphatic carbocycles. The van der Waals surface area contributed by atoms with Gasteiger partial charge < -0.3 is 19.7 Å². The minimum atomic E-state index is -0.135. The fourth-order valence-electron chi connectivity index (χ4n) is 4.03. The molecule has 0 radical (unpaired) electrons. The van der Waals surface area contributed by atoms with Crippen LogP contribution in [0.15, 0.2) is 6.33 Å². The number of nitrogens with one attached hydrogen (secondary N) is 1. The molecule has 7 nitrogen and oxygen atoms in total. The van der Waals surface area contributed by atoms with Crippen molar-refractivity contribution in [1.82, 2.24) is 29.9 Å². The molecule has 25 heavy (non-hydrogen) atoms. The van der Waals surface area contributed by atoms with Gasteiger partial charge in [0.15, 0.2) is 5.82 Å². The maximum absolute atomic E-state index is 12.6. The van der Waals surface area contributed by atoms with Crippen molar-refractivity contribution in [3.05, 3.63) is 12.2 Å². The lowest BCUT2D eigenvalue weighted by Crippen LogP contribution is -2.49. The van der Waals surface area contributed by atoms with Gasteiger partial charge in [-0.05, 0) is 57.5 Å². The van der Waals surface area contributed by atoms with Gasteiger partial charge in [0.2, 0.25) is 0 Å². The van der Waals surface area contributed by atoms with Crippen LogP contribution in [0.2, 0.25) is 0 Å². The summed E-state index contributed by atoms with van der Waals surface area (Å²) < 4.78 is 1.85. The molecule has 2 aliphatic rings. The van der Waals surface area contributed by atoms with Gasteiger partial charge >= 0.3 is 6.03 Å². The molecule has 2 aliphatic heterocycles. The molecule has 2 atom stereocenters. The zero-order valence-electron chi connectivity index (χ0n) is 15.8. The average Bonchev–Trinajstić information content (AvgIpc) is 3.03. The Hall–Kier alpha value is -1.63. The van der Waals surface area contributed by atoms with Crippen molar-refractivity contribution in [2.75, 3.05) is 32.7 Å². The summed E-state index contributed by atoms with van der Waals surface area (Å²) in [6.07, 6.45) is 6.61. The second-order valence-corrected chi connectivity index (χ2v) is 7.91. The van der Waals surface area contributed by atoms with E-state index in [0.717, 1.165) is 37.8 Å². The Balaban J connectivity index is 1.49. The monoisotopic (exact) mass is 348 g/mol. The molecule has 1 aromatic rings. The van der Waals surface area contributed by atoms with Crippen LogP contribution in [0, 0.1) is 11.8 Å². The standard InChI is InChI=1S/C18H32N6O/c1-14-6-9-23(10-7-14)11-16-5-4-8-24(12-16)18(25)20-15(2)17-21-19-13-22(17)3/h13-16H,4-12H2,1-3H3,(H,20,25)/t15-,16+/m1/s1. The third-order valence-corrected chi connectivity index (χ3v) is 5.67. The number of rotatable bonds is 4. The minimum absolute atomic E-state index is 0.0208. The summed E-state index contributed by atoms with van der Waals surface area (Å²) in [5.41, 5.74) is 0. The van der Waals surface area contributed by atoms with E-state index in [2.05, 4.69) is 27.3 Å². The molecule has 2 saturated heterocycles. The maximum Gasteiger partial charge on any atom is 0.317 e. The summed E-state index contributed by atoms with van der Waals surface area (Å²) in [7, 11) is 1.90. The van der Waals surface area contributed by atoms with Gasteiger partial charge in [0.05, 0.1) is 6.04 Å². The van der Waals surface area contributed by atoms with E-state index in [4.69, 9.17) is 0 Å². The van der Waals surface area contributed by atoms with Crippen LogP contribution < -0.4 is 5.32 Å². The molecule has 0 saturated carbocycles. The number of hydrogen-bond donors (Lipinski definition) is 1. The van der Waals surface area contributed by atoms with Gasteiger partial charge in [-0.2, -0.15) is 0 Å². The van der Waals surface area contributed by atoms with E-state index in [1.807, 2.05) is 23.4 Å². The number of urea groups is 1. The highest BCUT2D eigenvalue weighted by Gasteiger charge is 2.27. The Labute approximate surface area is 150 Å². The smallest absolute Gasteiger partial charge is 0.317 e. The molecular weight excluding hydrogens is 316 g/mol. The van der Waals surface area contributed by atoms with Crippen LogP contribution >= 0.6 is 0 Å². The highest BCUT2D eigenvalue weighted by molar-refractivity contribution is 5.74. The maximum atomic E-state index is 12.6. The van der Waals surface area contributed by atoms with Crippen molar-refractivity contribution in [3.8, 4) is 0 Å². The fourth-order valence-corrected chi connectivity index (χ4v) is 4.03. The number of likely N-dealkylation sites (tertiary alicyclic amines) is 2. The molecule has 7 heteroatoms. The predicted octanol–water partition coefficient (Wildman–Crippen LogP) is 2.03. The second kappa shape index (κ2) is 8.17.